The Labute approximate surface area is 111 Å². The first kappa shape index (κ1) is 13.5. The van der Waals surface area contributed by atoms with Crippen LogP contribution in [0.4, 0.5) is 0 Å². The van der Waals surface area contributed by atoms with Crippen molar-refractivity contribution in [3.8, 4) is 0 Å². The van der Waals surface area contributed by atoms with Gasteiger partial charge in [0.15, 0.2) is 0 Å². The molecule has 0 fully saturated rings. The number of fused-ring (bicyclic) bond motifs is 1. The molecule has 2 rings (SSSR count). The van der Waals surface area contributed by atoms with Gasteiger partial charge in [-0.1, -0.05) is 6.07 Å². The van der Waals surface area contributed by atoms with Gasteiger partial charge in [0.1, 0.15) is 6.04 Å². The lowest BCUT2D eigenvalue weighted by Crippen LogP contribution is -2.41. The van der Waals surface area contributed by atoms with Gasteiger partial charge < -0.3 is 15.8 Å². The molecule has 2 aromatic rings. The molecule has 1 aromatic carbocycles. The number of nitrogens with one attached hydrogen (secondary N) is 1. The number of para-hydroxylation sites is 1. The number of hydrogen-bond donors (Lipinski definition) is 3. The summed E-state index contributed by atoms with van der Waals surface area (Å²) in [5.41, 5.74) is 3.09. The zero-order valence-electron chi connectivity index (χ0n) is 10.4. The summed E-state index contributed by atoms with van der Waals surface area (Å²) in [6, 6.07) is 3.05. The summed E-state index contributed by atoms with van der Waals surface area (Å²) in [7, 11) is 0. The van der Waals surface area contributed by atoms with Crippen LogP contribution in [0, 0.1) is 0 Å². The standard InChI is InChI=1S/C12H11N3O5/c1-5(9(13)16)15-7-4-2-3-6(12(19)20)8(7)14-10(17)11(15)18/h2-5H,1H3,(H2,13,16)(H,14,17)(H,19,20). The zero-order valence-corrected chi connectivity index (χ0v) is 10.4. The van der Waals surface area contributed by atoms with Crippen LogP contribution in [-0.2, 0) is 4.79 Å². The molecule has 1 unspecified atom stereocenters. The van der Waals surface area contributed by atoms with Crippen molar-refractivity contribution < 1.29 is 14.7 Å². The van der Waals surface area contributed by atoms with Crippen LogP contribution in [0.1, 0.15) is 23.3 Å². The highest BCUT2D eigenvalue weighted by atomic mass is 16.4. The molecule has 104 valence electrons. The minimum atomic E-state index is -1.26. The van der Waals surface area contributed by atoms with E-state index in [1.807, 2.05) is 0 Å². The average Bonchev–Trinajstić information content (AvgIpc) is 2.38. The van der Waals surface area contributed by atoms with Crippen molar-refractivity contribution >= 4 is 22.9 Å². The second kappa shape index (κ2) is 4.65. The highest BCUT2D eigenvalue weighted by Crippen LogP contribution is 2.17. The number of aromatic nitrogens is 2. The molecule has 0 saturated carbocycles. The molecule has 0 aliphatic rings. The number of aromatic amines is 1. The molecular formula is C12H11N3O5. The summed E-state index contributed by atoms with van der Waals surface area (Å²) in [5, 5.41) is 9.08. The van der Waals surface area contributed by atoms with Gasteiger partial charge in [-0.2, -0.15) is 0 Å². The molecule has 8 heteroatoms. The second-order valence-electron chi connectivity index (χ2n) is 4.21. The Balaban J connectivity index is 3.01. The molecule has 1 amide bonds. The predicted molar refractivity (Wildman–Crippen MR) is 69.7 cm³/mol. The average molecular weight is 277 g/mol. The highest BCUT2D eigenvalue weighted by Gasteiger charge is 2.20. The third-order valence-electron chi connectivity index (χ3n) is 2.98. The number of nitrogens with two attached hydrogens (primary N) is 1. The quantitative estimate of drug-likeness (QED) is 0.646. The van der Waals surface area contributed by atoms with Crippen LogP contribution in [0.25, 0.3) is 11.0 Å². The van der Waals surface area contributed by atoms with E-state index in [9.17, 15) is 19.2 Å². The topological polar surface area (TPSA) is 135 Å². The molecule has 4 N–H and O–H groups in total. The Morgan fingerprint density at radius 1 is 1.35 bits per heavy atom. The number of carbonyl (C=O) groups excluding carboxylic acids is 1. The van der Waals surface area contributed by atoms with Crippen molar-refractivity contribution in [1.29, 1.82) is 0 Å². The van der Waals surface area contributed by atoms with E-state index in [1.54, 1.807) is 0 Å². The van der Waals surface area contributed by atoms with E-state index in [0.717, 1.165) is 4.57 Å². The first-order valence-electron chi connectivity index (χ1n) is 5.64. The maximum Gasteiger partial charge on any atom is 0.337 e. The maximum atomic E-state index is 11.9. The van der Waals surface area contributed by atoms with E-state index < -0.39 is 29.0 Å². The zero-order chi connectivity index (χ0) is 15.0. The fraction of sp³-hybridized carbons (Fsp3) is 0.167. The SMILES string of the molecule is CC(C(N)=O)n1c(=O)c(=O)[nH]c2c(C(=O)O)cccc21. The van der Waals surface area contributed by atoms with Gasteiger partial charge in [0.25, 0.3) is 0 Å². The number of aromatic carboxylic acids is 1. The summed E-state index contributed by atoms with van der Waals surface area (Å²) < 4.78 is 0.892. The number of rotatable bonds is 3. The van der Waals surface area contributed by atoms with Gasteiger partial charge in [0, 0.05) is 0 Å². The number of carboxylic acid groups (broad SMARTS) is 1. The number of amides is 1. The Kier molecular flexibility index (Phi) is 3.15. The molecule has 0 aliphatic heterocycles. The van der Waals surface area contributed by atoms with Crippen LogP contribution in [-0.4, -0.2) is 26.5 Å². The van der Waals surface area contributed by atoms with E-state index in [1.165, 1.54) is 25.1 Å². The third kappa shape index (κ3) is 1.96. The van der Waals surface area contributed by atoms with Crippen molar-refractivity contribution in [3.05, 3.63) is 44.5 Å². The van der Waals surface area contributed by atoms with Gasteiger partial charge in [-0.3, -0.25) is 19.0 Å². The van der Waals surface area contributed by atoms with E-state index in [0.29, 0.717) is 0 Å². The highest BCUT2D eigenvalue weighted by molar-refractivity contribution is 6.01. The van der Waals surface area contributed by atoms with Crippen LogP contribution < -0.4 is 16.9 Å². The summed E-state index contributed by atoms with van der Waals surface area (Å²) in [6.07, 6.45) is 0. The Bertz CT molecular complexity index is 833. The molecule has 0 spiro atoms. The second-order valence-corrected chi connectivity index (χ2v) is 4.21. The minimum Gasteiger partial charge on any atom is -0.478 e. The Morgan fingerprint density at radius 3 is 2.55 bits per heavy atom. The van der Waals surface area contributed by atoms with Gasteiger partial charge in [-0.05, 0) is 19.1 Å². The van der Waals surface area contributed by atoms with E-state index in [4.69, 9.17) is 10.8 Å². The van der Waals surface area contributed by atoms with E-state index >= 15 is 0 Å². The fourth-order valence-corrected chi connectivity index (χ4v) is 1.95. The minimum absolute atomic E-state index is 0.0299. The van der Waals surface area contributed by atoms with E-state index in [-0.39, 0.29) is 16.6 Å². The van der Waals surface area contributed by atoms with E-state index in [2.05, 4.69) is 4.98 Å². The number of carboxylic acids is 1. The monoisotopic (exact) mass is 277 g/mol. The van der Waals surface area contributed by atoms with Crippen molar-refractivity contribution in [2.75, 3.05) is 0 Å². The van der Waals surface area contributed by atoms with Crippen LogP contribution in [0.15, 0.2) is 27.8 Å². The first-order chi connectivity index (χ1) is 9.34. The molecule has 1 heterocycles. The first-order valence-corrected chi connectivity index (χ1v) is 5.64. The molecule has 1 aromatic heterocycles. The van der Waals surface area contributed by atoms with Gasteiger partial charge in [0.2, 0.25) is 5.91 Å². The summed E-state index contributed by atoms with van der Waals surface area (Å²) in [6.45, 7) is 1.36. The normalized spacial score (nSPS) is 12.2. The largest absolute Gasteiger partial charge is 0.478 e. The van der Waals surface area contributed by atoms with Gasteiger partial charge in [-0.15, -0.1) is 0 Å². The van der Waals surface area contributed by atoms with Crippen LogP contribution >= 0.6 is 0 Å². The maximum absolute atomic E-state index is 11.9. The van der Waals surface area contributed by atoms with Gasteiger partial charge in [-0.25, -0.2) is 4.79 Å². The van der Waals surface area contributed by atoms with Crippen molar-refractivity contribution in [2.45, 2.75) is 13.0 Å². The number of primary amides is 1. The molecule has 0 saturated heterocycles. The van der Waals surface area contributed by atoms with Crippen molar-refractivity contribution in [1.82, 2.24) is 9.55 Å². The van der Waals surface area contributed by atoms with Gasteiger partial charge in [0.05, 0.1) is 16.6 Å². The lowest BCUT2D eigenvalue weighted by Gasteiger charge is -2.14. The van der Waals surface area contributed by atoms with Crippen LogP contribution in [0.2, 0.25) is 0 Å². The van der Waals surface area contributed by atoms with Gasteiger partial charge >= 0.3 is 17.1 Å². The summed E-state index contributed by atoms with van der Waals surface area (Å²) >= 11 is 0. The molecule has 1 atom stereocenters. The molecular weight excluding hydrogens is 266 g/mol. The molecule has 0 aliphatic carbocycles. The van der Waals surface area contributed by atoms with Crippen LogP contribution in [0.5, 0.6) is 0 Å². The molecule has 0 radical (unpaired) electrons. The molecule has 0 bridgehead atoms. The fourth-order valence-electron chi connectivity index (χ4n) is 1.95. The predicted octanol–water partition coefficient (Wildman–Crippen LogP) is -0.566. The lowest BCUT2D eigenvalue weighted by atomic mass is 10.1. The number of hydrogen-bond acceptors (Lipinski definition) is 4. The molecule has 20 heavy (non-hydrogen) atoms. The Hall–Kier alpha value is -2.90. The lowest BCUT2D eigenvalue weighted by molar-refractivity contribution is -0.120. The van der Waals surface area contributed by atoms with Crippen molar-refractivity contribution in [3.63, 3.8) is 0 Å². The number of nitrogens with zero attached hydrogens (tertiary/aromatic N) is 1. The third-order valence-corrected chi connectivity index (χ3v) is 2.98. The smallest absolute Gasteiger partial charge is 0.337 e. The Morgan fingerprint density at radius 2 is 2.00 bits per heavy atom. The van der Waals surface area contributed by atoms with Crippen molar-refractivity contribution in [2.24, 2.45) is 5.73 Å². The van der Waals surface area contributed by atoms with Crippen LogP contribution in [0.3, 0.4) is 0 Å². The summed E-state index contributed by atoms with van der Waals surface area (Å²) in [4.78, 5) is 48.1. The summed E-state index contributed by atoms with van der Waals surface area (Å²) in [5.74, 6) is -2.07. The number of benzene rings is 1. The molecule has 8 nitrogen and oxygen atoms in total. The number of H-pyrrole nitrogens is 1. The number of carbonyl (C=O) groups is 2.